The molecule has 0 N–H and O–H groups in total. The second-order valence-corrected chi connectivity index (χ2v) is 4.28. The third kappa shape index (κ3) is 5.38. The summed E-state index contributed by atoms with van der Waals surface area (Å²) >= 11 is 0. The van der Waals surface area contributed by atoms with Gasteiger partial charge in [0.15, 0.2) is 0 Å². The number of hydrogen-bond acceptors (Lipinski definition) is 1. The van der Waals surface area contributed by atoms with E-state index in [1.807, 2.05) is 13.0 Å². The Labute approximate surface area is 87.3 Å². The molecule has 0 aliphatic rings. The quantitative estimate of drug-likeness (QED) is 0.545. The lowest BCUT2D eigenvalue weighted by molar-refractivity contribution is 0.0577. The summed E-state index contributed by atoms with van der Waals surface area (Å²) in [4.78, 5) is 0. The smallest absolute Gasteiger partial charge is 0.100 e. The highest BCUT2D eigenvalue weighted by molar-refractivity contribution is 4.81. The maximum absolute atomic E-state index is 13.3. The van der Waals surface area contributed by atoms with Crippen LogP contribution < -0.4 is 0 Å². The number of alkyl halides is 1. The summed E-state index contributed by atoms with van der Waals surface area (Å²) in [5, 5.41) is 0. The van der Waals surface area contributed by atoms with Crippen molar-refractivity contribution in [2.45, 2.75) is 45.7 Å². The molecule has 0 amide bonds. The Balaban J connectivity index is 4.14. The van der Waals surface area contributed by atoms with E-state index >= 15 is 0 Å². The van der Waals surface area contributed by atoms with Crippen molar-refractivity contribution in [3.05, 3.63) is 12.7 Å². The van der Waals surface area contributed by atoms with Crippen LogP contribution in [0.1, 0.15) is 39.5 Å². The monoisotopic (exact) mass is 202 g/mol. The second kappa shape index (κ2) is 6.99. The Hall–Kier alpha value is -0.370. The van der Waals surface area contributed by atoms with Gasteiger partial charge in [-0.3, -0.25) is 0 Å². The van der Waals surface area contributed by atoms with E-state index in [4.69, 9.17) is 4.74 Å². The Morgan fingerprint density at radius 2 is 2.21 bits per heavy atom. The standard InChI is InChI=1S/C12H23FO/c1-5-7-8-12(3,10-14-4)9-11(13)6-2/h5,11H,1,6-10H2,2-4H3/t11-,12+/m1/s1. The molecule has 1 nitrogen and oxygen atoms in total. The maximum Gasteiger partial charge on any atom is 0.100 e. The Kier molecular flexibility index (Phi) is 6.81. The first-order valence-electron chi connectivity index (χ1n) is 5.32. The first-order valence-corrected chi connectivity index (χ1v) is 5.32. The highest BCUT2D eigenvalue weighted by Gasteiger charge is 2.26. The fourth-order valence-corrected chi connectivity index (χ4v) is 1.71. The molecule has 0 spiro atoms. The molecule has 2 heteroatoms. The Bertz CT molecular complexity index is 158. The van der Waals surface area contributed by atoms with Crippen LogP contribution in [0.25, 0.3) is 0 Å². The zero-order chi connectivity index (χ0) is 11.0. The number of methoxy groups -OCH3 is 1. The molecule has 0 aliphatic carbocycles. The predicted molar refractivity (Wildman–Crippen MR) is 59.2 cm³/mol. The van der Waals surface area contributed by atoms with Crippen LogP contribution >= 0.6 is 0 Å². The molecule has 0 heterocycles. The largest absolute Gasteiger partial charge is 0.384 e. The van der Waals surface area contributed by atoms with Crippen LogP contribution in [-0.2, 0) is 4.74 Å². The highest BCUT2D eigenvalue weighted by Crippen LogP contribution is 2.31. The summed E-state index contributed by atoms with van der Waals surface area (Å²) in [5.74, 6) is 0. The van der Waals surface area contributed by atoms with Gasteiger partial charge in [0.05, 0.1) is 6.61 Å². The molecule has 0 saturated carbocycles. The summed E-state index contributed by atoms with van der Waals surface area (Å²) in [6, 6.07) is 0. The van der Waals surface area contributed by atoms with Gasteiger partial charge < -0.3 is 4.74 Å². The lowest BCUT2D eigenvalue weighted by Crippen LogP contribution is -2.26. The molecule has 0 aromatic carbocycles. The average Bonchev–Trinajstić information content (AvgIpc) is 2.15. The van der Waals surface area contributed by atoms with Gasteiger partial charge in [-0.25, -0.2) is 4.39 Å². The van der Waals surface area contributed by atoms with Crippen LogP contribution in [0.2, 0.25) is 0 Å². The summed E-state index contributed by atoms with van der Waals surface area (Å²) in [6.07, 6.45) is 4.23. The van der Waals surface area contributed by atoms with Crippen LogP contribution in [0, 0.1) is 5.41 Å². The van der Waals surface area contributed by atoms with Crippen molar-refractivity contribution in [3.63, 3.8) is 0 Å². The SMILES string of the molecule is C=CCC[C@](C)(COC)C[C@H](F)CC. The molecule has 84 valence electrons. The van der Waals surface area contributed by atoms with Crippen molar-refractivity contribution in [2.75, 3.05) is 13.7 Å². The van der Waals surface area contributed by atoms with Gasteiger partial charge >= 0.3 is 0 Å². The van der Waals surface area contributed by atoms with E-state index in [1.165, 1.54) is 0 Å². The minimum absolute atomic E-state index is 0.0433. The van der Waals surface area contributed by atoms with Gasteiger partial charge in [0.25, 0.3) is 0 Å². The van der Waals surface area contributed by atoms with Crippen LogP contribution in [-0.4, -0.2) is 19.9 Å². The van der Waals surface area contributed by atoms with E-state index < -0.39 is 6.17 Å². The van der Waals surface area contributed by atoms with Gasteiger partial charge in [0.2, 0.25) is 0 Å². The molecule has 0 saturated heterocycles. The number of allylic oxidation sites excluding steroid dienone is 1. The van der Waals surface area contributed by atoms with E-state index in [9.17, 15) is 4.39 Å². The van der Waals surface area contributed by atoms with Crippen molar-refractivity contribution < 1.29 is 9.13 Å². The number of hydrogen-bond donors (Lipinski definition) is 0. The van der Waals surface area contributed by atoms with Crippen molar-refractivity contribution >= 4 is 0 Å². The van der Waals surface area contributed by atoms with Gasteiger partial charge in [-0.1, -0.05) is 19.9 Å². The molecule has 0 bridgehead atoms. The Morgan fingerprint density at radius 1 is 1.57 bits per heavy atom. The summed E-state index contributed by atoms with van der Waals surface area (Å²) in [6.45, 7) is 8.28. The zero-order valence-electron chi connectivity index (χ0n) is 9.68. The number of rotatable bonds is 8. The third-order valence-corrected chi connectivity index (χ3v) is 2.60. The fraction of sp³-hybridized carbons (Fsp3) is 0.833. The predicted octanol–water partition coefficient (Wildman–Crippen LogP) is 3.74. The van der Waals surface area contributed by atoms with Gasteiger partial charge in [-0.2, -0.15) is 0 Å². The van der Waals surface area contributed by atoms with E-state index in [0.29, 0.717) is 19.4 Å². The van der Waals surface area contributed by atoms with Crippen LogP contribution in [0.15, 0.2) is 12.7 Å². The van der Waals surface area contributed by atoms with Gasteiger partial charge in [0, 0.05) is 7.11 Å². The van der Waals surface area contributed by atoms with Gasteiger partial charge in [-0.15, -0.1) is 6.58 Å². The van der Waals surface area contributed by atoms with Gasteiger partial charge in [0.1, 0.15) is 6.17 Å². The topological polar surface area (TPSA) is 9.23 Å². The molecule has 0 aliphatic heterocycles. The molecule has 0 unspecified atom stereocenters. The molecule has 0 fully saturated rings. The molecular weight excluding hydrogens is 179 g/mol. The minimum atomic E-state index is -0.708. The summed E-state index contributed by atoms with van der Waals surface area (Å²) in [5.41, 5.74) is -0.0433. The lowest BCUT2D eigenvalue weighted by Gasteiger charge is -2.29. The molecular formula is C12H23FO. The Morgan fingerprint density at radius 3 is 2.64 bits per heavy atom. The minimum Gasteiger partial charge on any atom is -0.384 e. The van der Waals surface area contributed by atoms with Crippen LogP contribution in [0.3, 0.4) is 0 Å². The molecule has 0 aromatic rings. The van der Waals surface area contributed by atoms with Crippen molar-refractivity contribution in [3.8, 4) is 0 Å². The van der Waals surface area contributed by atoms with E-state index in [2.05, 4.69) is 13.5 Å². The first kappa shape index (κ1) is 13.6. The van der Waals surface area contributed by atoms with Crippen molar-refractivity contribution in [2.24, 2.45) is 5.41 Å². The van der Waals surface area contributed by atoms with E-state index in [-0.39, 0.29) is 5.41 Å². The van der Waals surface area contributed by atoms with Crippen molar-refractivity contribution in [1.29, 1.82) is 0 Å². The fourth-order valence-electron chi connectivity index (χ4n) is 1.71. The van der Waals surface area contributed by atoms with E-state index in [0.717, 1.165) is 12.8 Å². The first-order chi connectivity index (χ1) is 6.58. The number of ether oxygens (including phenoxy) is 1. The van der Waals surface area contributed by atoms with Gasteiger partial charge in [-0.05, 0) is 31.1 Å². The second-order valence-electron chi connectivity index (χ2n) is 4.28. The van der Waals surface area contributed by atoms with E-state index in [1.54, 1.807) is 7.11 Å². The van der Waals surface area contributed by atoms with Crippen LogP contribution in [0.4, 0.5) is 4.39 Å². The van der Waals surface area contributed by atoms with Crippen LogP contribution in [0.5, 0.6) is 0 Å². The molecule has 0 rings (SSSR count). The third-order valence-electron chi connectivity index (χ3n) is 2.60. The average molecular weight is 202 g/mol. The summed E-state index contributed by atoms with van der Waals surface area (Å²) < 4.78 is 18.4. The van der Waals surface area contributed by atoms with Crippen molar-refractivity contribution in [1.82, 2.24) is 0 Å². The molecule has 0 radical (unpaired) electrons. The molecule has 0 aromatic heterocycles. The highest BCUT2D eigenvalue weighted by atomic mass is 19.1. The lowest BCUT2D eigenvalue weighted by atomic mass is 9.81. The molecule has 14 heavy (non-hydrogen) atoms. The molecule has 2 atom stereocenters. The normalized spacial score (nSPS) is 17.4. The summed E-state index contributed by atoms with van der Waals surface area (Å²) in [7, 11) is 1.67. The zero-order valence-corrected chi connectivity index (χ0v) is 9.68. The maximum atomic E-state index is 13.3. The number of halogens is 1.